The summed E-state index contributed by atoms with van der Waals surface area (Å²) < 4.78 is 37.9. The Labute approximate surface area is 189 Å². The largest absolute Gasteiger partial charge is 0.495 e. The highest BCUT2D eigenvalue weighted by molar-refractivity contribution is 7.92. The predicted molar refractivity (Wildman–Crippen MR) is 120 cm³/mol. The first-order chi connectivity index (χ1) is 15.7. The molecule has 13 nitrogen and oxygen atoms in total. The van der Waals surface area contributed by atoms with Crippen molar-refractivity contribution in [3.8, 4) is 17.1 Å². The normalized spacial score (nSPS) is 12.3. The Kier molecular flexibility index (Phi) is 5.84. The Balaban J connectivity index is 1.75. The highest BCUT2D eigenvalue weighted by Crippen LogP contribution is 2.33. The van der Waals surface area contributed by atoms with E-state index >= 15 is 0 Å². The summed E-state index contributed by atoms with van der Waals surface area (Å²) in [7, 11) is -2.05. The smallest absolute Gasteiger partial charge is 0.366 e. The Morgan fingerprint density at radius 1 is 1.30 bits per heavy atom. The molecule has 4 rings (SSSR count). The molecule has 0 saturated heterocycles. The standard InChI is InChI=1S/C19H23N9O4S/c1-6-12-15(21-24-19-20-16(10(2)3)26-32-19)18-23-22-17(28(18)25-12)11-7-8-14(31-4)13(9-11)27-33(5,29)30/h7-10,23,27H,6H2,1-5H3/b24-21+. The molecule has 174 valence electrons. The number of aryl methyl sites for hydroxylation is 1. The minimum Gasteiger partial charge on any atom is -0.495 e. The van der Waals surface area contributed by atoms with Gasteiger partial charge in [0.05, 0.1) is 24.7 Å². The molecular formula is C19H23N9O4S. The summed E-state index contributed by atoms with van der Waals surface area (Å²) in [6, 6.07) is 5.07. The quantitative estimate of drug-likeness (QED) is 0.366. The highest BCUT2D eigenvalue weighted by atomic mass is 32.2. The number of nitrogens with one attached hydrogen (secondary N) is 2. The average molecular weight is 474 g/mol. The number of benzene rings is 1. The third-order valence-corrected chi connectivity index (χ3v) is 5.26. The molecule has 4 aromatic rings. The number of sulfonamides is 1. The van der Waals surface area contributed by atoms with Crippen LogP contribution in [0.1, 0.15) is 38.2 Å². The maximum atomic E-state index is 11.7. The van der Waals surface area contributed by atoms with Crippen molar-refractivity contribution in [2.24, 2.45) is 10.2 Å². The second-order valence-corrected chi connectivity index (χ2v) is 9.28. The number of methoxy groups -OCH3 is 1. The van der Waals surface area contributed by atoms with Gasteiger partial charge < -0.3 is 9.26 Å². The molecule has 0 bridgehead atoms. The lowest BCUT2D eigenvalue weighted by atomic mass is 10.2. The molecule has 14 heteroatoms. The summed E-state index contributed by atoms with van der Waals surface area (Å²) in [5.41, 5.74) is 2.58. The van der Waals surface area contributed by atoms with Crippen molar-refractivity contribution in [1.29, 1.82) is 0 Å². The van der Waals surface area contributed by atoms with Gasteiger partial charge in [0.25, 0.3) is 0 Å². The van der Waals surface area contributed by atoms with Crippen molar-refractivity contribution < 1.29 is 17.7 Å². The highest BCUT2D eigenvalue weighted by Gasteiger charge is 2.20. The van der Waals surface area contributed by atoms with Gasteiger partial charge in [0.1, 0.15) is 5.75 Å². The molecule has 3 aromatic heterocycles. The molecule has 0 radical (unpaired) electrons. The predicted octanol–water partition coefficient (Wildman–Crippen LogP) is 3.59. The third kappa shape index (κ3) is 4.55. The van der Waals surface area contributed by atoms with E-state index in [1.54, 1.807) is 22.7 Å². The number of hydrogen-bond donors (Lipinski definition) is 2. The van der Waals surface area contributed by atoms with Gasteiger partial charge in [-0.2, -0.15) is 19.7 Å². The van der Waals surface area contributed by atoms with Crippen LogP contribution >= 0.6 is 0 Å². The molecular weight excluding hydrogens is 450 g/mol. The van der Waals surface area contributed by atoms with Gasteiger partial charge in [-0.15, -0.1) is 5.11 Å². The van der Waals surface area contributed by atoms with E-state index in [2.05, 4.69) is 40.4 Å². The number of hydrogen-bond acceptors (Lipinski definition) is 10. The third-order valence-electron chi connectivity index (χ3n) is 4.67. The molecule has 0 spiro atoms. The molecule has 0 amide bonds. The van der Waals surface area contributed by atoms with Gasteiger partial charge in [0.2, 0.25) is 10.0 Å². The van der Waals surface area contributed by atoms with E-state index in [1.165, 1.54) is 7.11 Å². The summed E-state index contributed by atoms with van der Waals surface area (Å²) in [4.78, 5) is 4.19. The SMILES string of the molecule is CCc1nn2c(-c3ccc(OC)c(NS(C)(=O)=O)c3)n[nH]c2c1/N=N/c1nc(C(C)C)no1. The Morgan fingerprint density at radius 2 is 2.09 bits per heavy atom. The number of H-pyrrole nitrogens is 1. The second kappa shape index (κ2) is 8.61. The van der Waals surface area contributed by atoms with Gasteiger partial charge in [-0.1, -0.05) is 31.0 Å². The first-order valence-corrected chi connectivity index (χ1v) is 12.0. The molecule has 0 saturated carbocycles. The van der Waals surface area contributed by atoms with Crippen molar-refractivity contribution in [2.45, 2.75) is 33.1 Å². The van der Waals surface area contributed by atoms with Crippen LogP contribution in [0.25, 0.3) is 17.0 Å². The van der Waals surface area contributed by atoms with Crippen LogP contribution < -0.4 is 9.46 Å². The van der Waals surface area contributed by atoms with Gasteiger partial charge in [0, 0.05) is 11.5 Å². The fourth-order valence-corrected chi connectivity index (χ4v) is 3.67. The lowest BCUT2D eigenvalue weighted by Gasteiger charge is -2.10. The van der Waals surface area contributed by atoms with Crippen molar-refractivity contribution in [3.05, 3.63) is 29.7 Å². The van der Waals surface area contributed by atoms with Crippen molar-refractivity contribution in [1.82, 2.24) is 30.0 Å². The zero-order valence-electron chi connectivity index (χ0n) is 18.7. The monoisotopic (exact) mass is 473 g/mol. The molecule has 0 aliphatic heterocycles. The maximum Gasteiger partial charge on any atom is 0.366 e. The van der Waals surface area contributed by atoms with Crippen molar-refractivity contribution in [3.63, 3.8) is 0 Å². The van der Waals surface area contributed by atoms with E-state index in [0.717, 1.165) is 6.26 Å². The molecule has 0 aliphatic carbocycles. The number of aromatic nitrogens is 6. The Bertz CT molecular complexity index is 1430. The van der Waals surface area contributed by atoms with E-state index in [4.69, 9.17) is 9.26 Å². The van der Waals surface area contributed by atoms with Crippen molar-refractivity contribution in [2.75, 3.05) is 18.1 Å². The van der Waals surface area contributed by atoms with Crippen LogP contribution in [-0.4, -0.2) is 51.7 Å². The number of ether oxygens (including phenoxy) is 1. The number of azo groups is 1. The summed E-state index contributed by atoms with van der Waals surface area (Å²) in [6.07, 6.45) is 1.66. The zero-order valence-corrected chi connectivity index (χ0v) is 19.5. The molecule has 1 aromatic carbocycles. The molecule has 0 atom stereocenters. The minimum atomic E-state index is -3.51. The van der Waals surface area contributed by atoms with E-state index in [9.17, 15) is 8.42 Å². The van der Waals surface area contributed by atoms with Crippen LogP contribution in [0, 0.1) is 0 Å². The van der Waals surface area contributed by atoms with Gasteiger partial charge in [-0.05, 0) is 24.6 Å². The van der Waals surface area contributed by atoms with Gasteiger partial charge >= 0.3 is 6.01 Å². The Hall–Kier alpha value is -3.81. The van der Waals surface area contributed by atoms with Crippen LogP contribution in [0.2, 0.25) is 0 Å². The van der Waals surface area contributed by atoms with Gasteiger partial charge in [0.15, 0.2) is 23.0 Å². The molecule has 0 aliphatic rings. The topological polar surface area (TPSA) is 165 Å². The molecule has 2 N–H and O–H groups in total. The maximum absolute atomic E-state index is 11.7. The van der Waals surface area contributed by atoms with Gasteiger partial charge in [-0.3, -0.25) is 9.82 Å². The minimum absolute atomic E-state index is 0.0477. The van der Waals surface area contributed by atoms with E-state index in [1.807, 2.05) is 20.8 Å². The van der Waals surface area contributed by atoms with Crippen LogP contribution in [0.3, 0.4) is 0 Å². The van der Waals surface area contributed by atoms with E-state index in [-0.39, 0.29) is 17.6 Å². The average Bonchev–Trinajstić information content (AvgIpc) is 3.46. The molecule has 0 unspecified atom stereocenters. The fourth-order valence-electron chi connectivity index (χ4n) is 3.11. The van der Waals surface area contributed by atoms with Crippen LogP contribution in [-0.2, 0) is 16.4 Å². The van der Waals surface area contributed by atoms with E-state index < -0.39 is 10.0 Å². The first-order valence-electron chi connectivity index (χ1n) is 10.1. The lowest BCUT2D eigenvalue weighted by Crippen LogP contribution is -2.10. The van der Waals surface area contributed by atoms with Crippen LogP contribution in [0.15, 0.2) is 33.0 Å². The lowest BCUT2D eigenvalue weighted by molar-refractivity contribution is 0.415. The van der Waals surface area contributed by atoms with Crippen molar-refractivity contribution >= 4 is 33.1 Å². The summed E-state index contributed by atoms with van der Waals surface area (Å²) in [5.74, 6) is 1.48. The summed E-state index contributed by atoms with van der Waals surface area (Å²) in [6.45, 7) is 5.84. The summed E-state index contributed by atoms with van der Waals surface area (Å²) in [5, 5.41) is 24.1. The first kappa shape index (κ1) is 22.4. The summed E-state index contributed by atoms with van der Waals surface area (Å²) >= 11 is 0. The zero-order chi connectivity index (χ0) is 23.8. The molecule has 33 heavy (non-hydrogen) atoms. The second-order valence-electron chi connectivity index (χ2n) is 7.54. The number of anilines is 1. The van der Waals surface area contributed by atoms with Crippen LogP contribution in [0.5, 0.6) is 5.75 Å². The fraction of sp³-hybridized carbons (Fsp3) is 0.368. The van der Waals surface area contributed by atoms with Crippen LogP contribution in [0.4, 0.5) is 17.4 Å². The number of rotatable bonds is 8. The number of nitrogens with zero attached hydrogens (tertiary/aromatic N) is 7. The number of fused-ring (bicyclic) bond motifs is 1. The molecule has 0 fully saturated rings. The van der Waals surface area contributed by atoms with E-state index in [0.29, 0.717) is 46.4 Å². The number of aromatic amines is 1. The molecule has 3 heterocycles. The van der Waals surface area contributed by atoms with Gasteiger partial charge in [-0.25, -0.2) is 8.42 Å². The Morgan fingerprint density at radius 3 is 2.73 bits per heavy atom.